The lowest BCUT2D eigenvalue weighted by molar-refractivity contribution is -0.117. The van der Waals surface area contributed by atoms with E-state index in [0.717, 1.165) is 11.3 Å². The third-order valence-electron chi connectivity index (χ3n) is 2.24. The van der Waals surface area contributed by atoms with Gasteiger partial charge in [-0.3, -0.25) is 4.79 Å². The Hall–Kier alpha value is -1.39. The van der Waals surface area contributed by atoms with Crippen molar-refractivity contribution in [2.24, 2.45) is 0 Å². The summed E-state index contributed by atoms with van der Waals surface area (Å²) < 4.78 is 0. The summed E-state index contributed by atoms with van der Waals surface area (Å²) in [7, 11) is 0. The van der Waals surface area contributed by atoms with Crippen molar-refractivity contribution < 1.29 is 4.79 Å². The van der Waals surface area contributed by atoms with Crippen LogP contribution < -0.4 is 5.73 Å². The van der Waals surface area contributed by atoms with Gasteiger partial charge < -0.3 is 5.73 Å². The van der Waals surface area contributed by atoms with E-state index in [2.05, 4.69) is 4.98 Å². The smallest absolute Gasteiger partial charge is 0.180 e. The molecule has 5 heteroatoms. The van der Waals surface area contributed by atoms with Gasteiger partial charge in [0, 0.05) is 23.2 Å². The van der Waals surface area contributed by atoms with E-state index in [1.807, 2.05) is 17.5 Å². The summed E-state index contributed by atoms with van der Waals surface area (Å²) in [6, 6.07) is 7.32. The molecule has 0 aliphatic rings. The number of nitrogens with zero attached hydrogens (tertiary/aromatic N) is 1. The van der Waals surface area contributed by atoms with Crippen molar-refractivity contribution in [2.45, 2.75) is 12.8 Å². The quantitative estimate of drug-likeness (QED) is 0.926. The third kappa shape index (κ3) is 3.54. The second kappa shape index (κ2) is 5.29. The summed E-state index contributed by atoms with van der Waals surface area (Å²) in [5, 5.41) is 2.95. The van der Waals surface area contributed by atoms with Crippen molar-refractivity contribution in [2.75, 3.05) is 5.73 Å². The van der Waals surface area contributed by atoms with E-state index in [9.17, 15) is 4.79 Å². The molecule has 1 heterocycles. The van der Waals surface area contributed by atoms with Gasteiger partial charge in [-0.25, -0.2) is 4.98 Å². The molecule has 88 valence electrons. The Balaban J connectivity index is 1.98. The minimum atomic E-state index is 0.109. The lowest BCUT2D eigenvalue weighted by Crippen LogP contribution is -2.06. The largest absolute Gasteiger partial charge is 0.375 e. The van der Waals surface area contributed by atoms with Crippen molar-refractivity contribution in [1.29, 1.82) is 0 Å². The molecule has 0 aliphatic heterocycles. The zero-order valence-electron chi connectivity index (χ0n) is 9.02. The number of halogens is 1. The fraction of sp³-hybridized carbons (Fsp3) is 0.167. The van der Waals surface area contributed by atoms with E-state index in [1.54, 1.807) is 12.1 Å². The molecule has 0 amide bonds. The highest BCUT2D eigenvalue weighted by Crippen LogP contribution is 2.14. The predicted molar refractivity (Wildman–Crippen MR) is 70.4 cm³/mol. The van der Waals surface area contributed by atoms with Crippen LogP contribution in [0.2, 0.25) is 5.02 Å². The van der Waals surface area contributed by atoms with Crippen molar-refractivity contribution in [1.82, 2.24) is 4.98 Å². The normalized spacial score (nSPS) is 10.4. The number of carbonyl (C=O) groups is 1. The minimum Gasteiger partial charge on any atom is -0.375 e. The first-order chi connectivity index (χ1) is 8.13. The second-order valence-electron chi connectivity index (χ2n) is 3.70. The maximum absolute atomic E-state index is 11.8. The predicted octanol–water partition coefficient (Wildman–Crippen LogP) is 2.73. The first kappa shape index (κ1) is 12.1. The van der Waals surface area contributed by atoms with Gasteiger partial charge in [-0.05, 0) is 17.7 Å². The van der Waals surface area contributed by atoms with E-state index in [1.165, 1.54) is 11.3 Å². The summed E-state index contributed by atoms with van der Waals surface area (Å²) in [5.41, 5.74) is 7.16. The second-order valence-corrected chi connectivity index (χ2v) is 5.03. The molecular formula is C12H11ClN2OS. The van der Waals surface area contributed by atoms with Crippen LogP contribution in [0.1, 0.15) is 11.3 Å². The number of Topliss-reactive ketones (excluding diaryl/α,β-unsaturated/α-hetero) is 1. The summed E-state index contributed by atoms with van der Waals surface area (Å²) in [6.45, 7) is 0. The van der Waals surface area contributed by atoms with E-state index in [-0.39, 0.29) is 5.78 Å². The van der Waals surface area contributed by atoms with Gasteiger partial charge in [-0.15, -0.1) is 11.3 Å². The van der Waals surface area contributed by atoms with Gasteiger partial charge >= 0.3 is 0 Å². The monoisotopic (exact) mass is 266 g/mol. The van der Waals surface area contributed by atoms with Gasteiger partial charge in [0.05, 0.1) is 5.69 Å². The van der Waals surface area contributed by atoms with Gasteiger partial charge in [0.1, 0.15) is 5.78 Å². The van der Waals surface area contributed by atoms with Gasteiger partial charge in [0.25, 0.3) is 0 Å². The first-order valence-electron chi connectivity index (χ1n) is 5.09. The highest BCUT2D eigenvalue weighted by Gasteiger charge is 2.08. The van der Waals surface area contributed by atoms with E-state index < -0.39 is 0 Å². The van der Waals surface area contributed by atoms with Crippen LogP contribution in [0.4, 0.5) is 5.13 Å². The van der Waals surface area contributed by atoms with Crippen LogP contribution in [-0.2, 0) is 17.6 Å². The molecule has 2 aromatic rings. The van der Waals surface area contributed by atoms with Crippen molar-refractivity contribution in [3.8, 4) is 0 Å². The Labute approximate surface area is 108 Å². The molecule has 0 atom stereocenters. The number of hydrogen-bond acceptors (Lipinski definition) is 4. The average molecular weight is 267 g/mol. The number of rotatable bonds is 4. The van der Waals surface area contributed by atoms with Crippen LogP contribution in [0.5, 0.6) is 0 Å². The first-order valence-corrected chi connectivity index (χ1v) is 6.35. The number of thiazole rings is 1. The van der Waals surface area contributed by atoms with E-state index in [0.29, 0.717) is 23.0 Å². The maximum Gasteiger partial charge on any atom is 0.180 e. The number of benzene rings is 1. The van der Waals surface area contributed by atoms with Crippen LogP contribution in [0, 0.1) is 0 Å². The summed E-state index contributed by atoms with van der Waals surface area (Å²) in [6.07, 6.45) is 0.693. The molecule has 0 aliphatic carbocycles. The number of ketones is 1. The molecule has 0 fully saturated rings. The molecule has 0 bridgehead atoms. The molecule has 1 aromatic carbocycles. The van der Waals surface area contributed by atoms with Crippen molar-refractivity contribution in [3.05, 3.63) is 45.9 Å². The van der Waals surface area contributed by atoms with Crippen LogP contribution in [0.25, 0.3) is 0 Å². The van der Waals surface area contributed by atoms with Crippen molar-refractivity contribution in [3.63, 3.8) is 0 Å². The van der Waals surface area contributed by atoms with Gasteiger partial charge in [-0.2, -0.15) is 0 Å². The Bertz CT molecular complexity index is 539. The molecule has 0 spiro atoms. The molecule has 2 N–H and O–H groups in total. The Kier molecular flexibility index (Phi) is 3.76. The maximum atomic E-state index is 11.8. The number of nitrogens with two attached hydrogens (primary N) is 1. The summed E-state index contributed by atoms with van der Waals surface area (Å²) in [4.78, 5) is 15.8. The Morgan fingerprint density at radius 2 is 2.24 bits per heavy atom. The van der Waals surface area contributed by atoms with Gasteiger partial charge in [0.2, 0.25) is 0 Å². The molecule has 2 rings (SSSR count). The summed E-state index contributed by atoms with van der Waals surface area (Å²) in [5.74, 6) is 0.109. The SMILES string of the molecule is Nc1nc(CC(=O)Cc2cccc(Cl)c2)cs1. The lowest BCUT2D eigenvalue weighted by Gasteiger charge is -2.00. The number of aromatic nitrogens is 1. The number of nitrogen functional groups attached to an aromatic ring is 1. The molecule has 0 saturated heterocycles. The third-order valence-corrected chi connectivity index (χ3v) is 3.20. The Morgan fingerprint density at radius 1 is 1.41 bits per heavy atom. The number of carbonyl (C=O) groups excluding carboxylic acids is 1. The molecular weight excluding hydrogens is 256 g/mol. The Morgan fingerprint density at radius 3 is 2.88 bits per heavy atom. The molecule has 0 saturated carbocycles. The number of hydrogen-bond donors (Lipinski definition) is 1. The van der Waals surface area contributed by atoms with Crippen LogP contribution in [0.15, 0.2) is 29.6 Å². The molecule has 1 aromatic heterocycles. The van der Waals surface area contributed by atoms with Crippen LogP contribution in [0.3, 0.4) is 0 Å². The average Bonchev–Trinajstić information content (AvgIpc) is 2.63. The topological polar surface area (TPSA) is 56.0 Å². The fourth-order valence-corrected chi connectivity index (χ4v) is 2.32. The van der Waals surface area contributed by atoms with Crippen LogP contribution >= 0.6 is 22.9 Å². The summed E-state index contributed by atoms with van der Waals surface area (Å²) >= 11 is 7.20. The lowest BCUT2D eigenvalue weighted by atomic mass is 10.1. The molecule has 3 nitrogen and oxygen atoms in total. The highest BCUT2D eigenvalue weighted by atomic mass is 35.5. The number of anilines is 1. The van der Waals surface area contributed by atoms with Crippen molar-refractivity contribution >= 4 is 33.9 Å². The van der Waals surface area contributed by atoms with Gasteiger partial charge in [-0.1, -0.05) is 23.7 Å². The zero-order chi connectivity index (χ0) is 12.3. The van der Waals surface area contributed by atoms with Gasteiger partial charge in [0.15, 0.2) is 5.13 Å². The fourth-order valence-electron chi connectivity index (χ4n) is 1.54. The minimum absolute atomic E-state index is 0.109. The molecule has 0 unspecified atom stereocenters. The highest BCUT2D eigenvalue weighted by molar-refractivity contribution is 7.13. The van der Waals surface area contributed by atoms with Crippen LogP contribution in [-0.4, -0.2) is 10.8 Å². The zero-order valence-corrected chi connectivity index (χ0v) is 10.6. The molecule has 0 radical (unpaired) electrons. The van der Waals surface area contributed by atoms with E-state index in [4.69, 9.17) is 17.3 Å². The van der Waals surface area contributed by atoms with E-state index >= 15 is 0 Å². The molecule has 17 heavy (non-hydrogen) atoms. The standard InChI is InChI=1S/C12H11ClN2OS/c13-9-3-1-2-8(4-9)5-11(16)6-10-7-17-12(14)15-10/h1-4,7H,5-6H2,(H2,14,15).